The van der Waals surface area contributed by atoms with Gasteiger partial charge in [-0.2, -0.15) is 5.10 Å². The largest absolute Gasteiger partial charge is 0.383 e. The first-order chi connectivity index (χ1) is 8.11. The zero-order chi connectivity index (χ0) is 12.4. The molecule has 0 spiro atoms. The minimum atomic E-state index is -0.604. The van der Waals surface area contributed by atoms with E-state index >= 15 is 0 Å². The van der Waals surface area contributed by atoms with Crippen LogP contribution in [0.1, 0.15) is 29.9 Å². The van der Waals surface area contributed by atoms with Gasteiger partial charge in [0, 0.05) is 27.7 Å². The summed E-state index contributed by atoms with van der Waals surface area (Å²) in [6.07, 6.45) is 4.05. The highest BCUT2D eigenvalue weighted by molar-refractivity contribution is 9.13. The second kappa shape index (κ2) is 5.65. The highest BCUT2D eigenvalue weighted by Crippen LogP contribution is 2.37. The van der Waals surface area contributed by atoms with Gasteiger partial charge in [0.15, 0.2) is 0 Å². The molecule has 0 aliphatic heterocycles. The lowest BCUT2D eigenvalue weighted by molar-refractivity contribution is 0.224. The standard InChI is InChI=1S/C11H12Br2N2OS/c1-2-3-15-6-7(5-14-15)10(16)9-4-8(12)11(13)17-9/h4-6,10,16H,2-3H2,1H3. The van der Waals surface area contributed by atoms with E-state index in [9.17, 15) is 5.11 Å². The van der Waals surface area contributed by atoms with Gasteiger partial charge in [0.05, 0.1) is 9.98 Å². The van der Waals surface area contributed by atoms with Crippen molar-refractivity contribution in [1.29, 1.82) is 0 Å². The highest BCUT2D eigenvalue weighted by Gasteiger charge is 2.16. The Bertz CT molecular complexity index is 490. The molecule has 6 heteroatoms. The van der Waals surface area contributed by atoms with Crippen LogP contribution in [0, 0.1) is 0 Å². The Kier molecular flexibility index (Phi) is 4.41. The number of rotatable bonds is 4. The smallest absolute Gasteiger partial charge is 0.116 e. The zero-order valence-electron chi connectivity index (χ0n) is 9.23. The van der Waals surface area contributed by atoms with Crippen LogP contribution in [0.3, 0.4) is 0 Å². The average Bonchev–Trinajstić information content (AvgIpc) is 2.87. The lowest BCUT2D eigenvalue weighted by Crippen LogP contribution is -1.97. The summed E-state index contributed by atoms with van der Waals surface area (Å²) in [6.45, 7) is 2.98. The Balaban J connectivity index is 2.20. The van der Waals surface area contributed by atoms with Crippen molar-refractivity contribution in [3.63, 3.8) is 0 Å². The zero-order valence-corrected chi connectivity index (χ0v) is 13.2. The topological polar surface area (TPSA) is 38.0 Å². The second-order valence-corrected chi connectivity index (χ2v) is 6.97. The Labute approximate surface area is 121 Å². The summed E-state index contributed by atoms with van der Waals surface area (Å²) in [5, 5.41) is 14.4. The molecule has 2 aromatic heterocycles. The van der Waals surface area contributed by atoms with Crippen molar-refractivity contribution in [3.8, 4) is 0 Å². The fraction of sp³-hybridized carbons (Fsp3) is 0.364. The summed E-state index contributed by atoms with van der Waals surface area (Å²) in [7, 11) is 0. The number of nitrogens with zero attached hydrogens (tertiary/aromatic N) is 2. The van der Waals surface area contributed by atoms with Crippen LogP contribution >= 0.6 is 43.2 Å². The van der Waals surface area contributed by atoms with Gasteiger partial charge in [-0.15, -0.1) is 11.3 Å². The SMILES string of the molecule is CCCn1cc(C(O)c2cc(Br)c(Br)s2)cn1. The first kappa shape index (κ1) is 13.3. The van der Waals surface area contributed by atoms with Gasteiger partial charge >= 0.3 is 0 Å². The molecule has 1 atom stereocenters. The van der Waals surface area contributed by atoms with Crippen LogP contribution in [0.5, 0.6) is 0 Å². The van der Waals surface area contributed by atoms with Gasteiger partial charge in [-0.05, 0) is 44.3 Å². The predicted molar refractivity (Wildman–Crippen MR) is 76.3 cm³/mol. The van der Waals surface area contributed by atoms with Gasteiger partial charge in [-0.25, -0.2) is 0 Å². The molecule has 2 heterocycles. The van der Waals surface area contributed by atoms with Crippen molar-refractivity contribution < 1.29 is 5.11 Å². The van der Waals surface area contributed by atoms with Crippen LogP contribution in [0.4, 0.5) is 0 Å². The molecular weight excluding hydrogens is 368 g/mol. The van der Waals surface area contributed by atoms with E-state index in [1.54, 1.807) is 6.20 Å². The van der Waals surface area contributed by atoms with E-state index in [4.69, 9.17) is 0 Å². The van der Waals surface area contributed by atoms with Crippen molar-refractivity contribution >= 4 is 43.2 Å². The monoisotopic (exact) mass is 378 g/mol. The van der Waals surface area contributed by atoms with E-state index in [0.717, 1.165) is 31.7 Å². The molecule has 3 nitrogen and oxygen atoms in total. The van der Waals surface area contributed by atoms with E-state index < -0.39 is 6.10 Å². The molecule has 17 heavy (non-hydrogen) atoms. The number of hydrogen-bond acceptors (Lipinski definition) is 3. The van der Waals surface area contributed by atoms with Crippen molar-refractivity contribution in [2.45, 2.75) is 26.0 Å². The van der Waals surface area contributed by atoms with Crippen molar-refractivity contribution in [2.24, 2.45) is 0 Å². The van der Waals surface area contributed by atoms with Crippen LogP contribution in [0.15, 0.2) is 26.7 Å². The minimum Gasteiger partial charge on any atom is -0.383 e. The average molecular weight is 380 g/mol. The number of aromatic nitrogens is 2. The summed E-state index contributed by atoms with van der Waals surface area (Å²) < 4.78 is 3.82. The second-order valence-electron chi connectivity index (χ2n) is 3.71. The van der Waals surface area contributed by atoms with E-state index in [1.165, 1.54) is 11.3 Å². The van der Waals surface area contributed by atoms with Crippen molar-refractivity contribution in [2.75, 3.05) is 0 Å². The van der Waals surface area contributed by atoms with Crippen LogP contribution in [-0.4, -0.2) is 14.9 Å². The third-order valence-corrected chi connectivity index (χ3v) is 5.66. The number of aliphatic hydroxyl groups is 1. The molecule has 0 saturated heterocycles. The third kappa shape index (κ3) is 2.99. The number of thiophene rings is 1. The molecule has 2 aromatic rings. The molecule has 0 bridgehead atoms. The fourth-order valence-corrected chi connectivity index (χ4v) is 3.64. The summed E-state index contributed by atoms with van der Waals surface area (Å²) in [6, 6.07) is 1.93. The summed E-state index contributed by atoms with van der Waals surface area (Å²) in [5.74, 6) is 0. The lowest BCUT2D eigenvalue weighted by atomic mass is 10.2. The molecular formula is C11H12Br2N2OS. The summed E-state index contributed by atoms with van der Waals surface area (Å²) in [4.78, 5) is 0.903. The molecule has 2 rings (SSSR count). The first-order valence-corrected chi connectivity index (χ1v) is 7.67. The lowest BCUT2D eigenvalue weighted by Gasteiger charge is -2.04. The van der Waals surface area contributed by atoms with Crippen LogP contribution in [-0.2, 0) is 6.54 Å². The third-order valence-electron chi connectivity index (χ3n) is 2.36. The van der Waals surface area contributed by atoms with Gasteiger partial charge in [0.25, 0.3) is 0 Å². The molecule has 0 fully saturated rings. The van der Waals surface area contributed by atoms with Gasteiger partial charge < -0.3 is 5.11 Å². The van der Waals surface area contributed by atoms with Crippen molar-refractivity contribution in [1.82, 2.24) is 9.78 Å². The fourth-order valence-electron chi connectivity index (χ4n) is 1.53. The molecule has 0 radical (unpaired) electrons. The van der Waals surface area contributed by atoms with Gasteiger partial charge in [0.2, 0.25) is 0 Å². The van der Waals surface area contributed by atoms with Crippen LogP contribution in [0.25, 0.3) is 0 Å². The Morgan fingerprint density at radius 1 is 1.53 bits per heavy atom. The predicted octanol–water partition coefficient (Wildman–Crippen LogP) is 3.96. The number of aliphatic hydroxyl groups excluding tert-OH is 1. The molecule has 0 aromatic carbocycles. The first-order valence-electron chi connectivity index (χ1n) is 5.27. The van der Waals surface area contributed by atoms with E-state index in [1.807, 2.05) is 16.9 Å². The quantitative estimate of drug-likeness (QED) is 0.872. The van der Waals surface area contributed by atoms with Crippen LogP contribution in [0.2, 0.25) is 0 Å². The highest BCUT2D eigenvalue weighted by atomic mass is 79.9. The van der Waals surface area contributed by atoms with E-state index in [0.29, 0.717) is 0 Å². The van der Waals surface area contributed by atoms with Gasteiger partial charge in [0.1, 0.15) is 6.10 Å². The normalized spacial score (nSPS) is 12.9. The Morgan fingerprint density at radius 3 is 2.88 bits per heavy atom. The number of hydrogen-bond donors (Lipinski definition) is 1. The number of aryl methyl sites for hydroxylation is 1. The van der Waals surface area contributed by atoms with E-state index in [2.05, 4.69) is 43.9 Å². The maximum Gasteiger partial charge on any atom is 0.116 e. The molecule has 0 saturated carbocycles. The molecule has 92 valence electrons. The maximum absolute atomic E-state index is 10.2. The van der Waals surface area contributed by atoms with Gasteiger partial charge in [-0.1, -0.05) is 6.92 Å². The molecule has 1 N–H and O–H groups in total. The van der Waals surface area contributed by atoms with Crippen molar-refractivity contribution in [3.05, 3.63) is 37.2 Å². The molecule has 0 amide bonds. The summed E-state index contributed by atoms with van der Waals surface area (Å²) in [5.41, 5.74) is 0.833. The Hall–Kier alpha value is -0.170. The summed E-state index contributed by atoms with van der Waals surface area (Å²) >= 11 is 8.37. The minimum absolute atomic E-state index is 0.604. The van der Waals surface area contributed by atoms with E-state index in [-0.39, 0.29) is 0 Å². The molecule has 0 aliphatic carbocycles. The number of halogens is 2. The van der Waals surface area contributed by atoms with Crippen LogP contribution < -0.4 is 0 Å². The molecule has 1 unspecified atom stereocenters. The molecule has 0 aliphatic rings. The Morgan fingerprint density at radius 2 is 2.29 bits per heavy atom. The maximum atomic E-state index is 10.2. The van der Waals surface area contributed by atoms with Gasteiger partial charge in [-0.3, -0.25) is 4.68 Å².